The van der Waals surface area contributed by atoms with Gasteiger partial charge in [0, 0.05) is 42.1 Å². The molecular weight excluding hydrogens is 312 g/mol. The number of carbonyl (C=O) groups is 1. The molecule has 3 aromatic rings. The van der Waals surface area contributed by atoms with Gasteiger partial charge >= 0.3 is 5.97 Å². The monoisotopic (exact) mass is 332 g/mol. The average Bonchev–Trinajstić information content (AvgIpc) is 3.15. The quantitative estimate of drug-likeness (QED) is 0.795. The first-order valence-electron chi connectivity index (χ1n) is 8.85. The van der Waals surface area contributed by atoms with Gasteiger partial charge in [0.15, 0.2) is 0 Å². The highest BCUT2D eigenvalue weighted by Crippen LogP contribution is 2.42. The highest BCUT2D eigenvalue weighted by molar-refractivity contribution is 5.88. The Morgan fingerprint density at radius 1 is 1.12 bits per heavy atom. The van der Waals surface area contributed by atoms with Crippen molar-refractivity contribution < 1.29 is 9.90 Å². The van der Waals surface area contributed by atoms with E-state index in [0.717, 1.165) is 18.7 Å². The second kappa shape index (κ2) is 5.46. The van der Waals surface area contributed by atoms with Crippen LogP contribution in [0.2, 0.25) is 0 Å². The summed E-state index contributed by atoms with van der Waals surface area (Å²) in [6.07, 6.45) is 1.26. The summed E-state index contributed by atoms with van der Waals surface area (Å²) in [5.74, 6) is -0.219. The molecule has 2 unspecified atom stereocenters. The molecule has 25 heavy (non-hydrogen) atoms. The van der Waals surface area contributed by atoms with Crippen LogP contribution in [-0.4, -0.2) is 33.6 Å². The smallest absolute Gasteiger partial charge is 0.335 e. The fourth-order valence-electron chi connectivity index (χ4n) is 4.55. The van der Waals surface area contributed by atoms with Crippen molar-refractivity contribution in [3.8, 4) is 0 Å². The van der Waals surface area contributed by atoms with E-state index in [1.807, 2.05) is 12.1 Å². The van der Waals surface area contributed by atoms with Crippen molar-refractivity contribution in [3.63, 3.8) is 0 Å². The number of aromatic carboxylic acids is 1. The summed E-state index contributed by atoms with van der Waals surface area (Å²) < 4.78 is 2.44. The lowest BCUT2D eigenvalue weighted by Crippen LogP contribution is -2.26. The zero-order chi connectivity index (χ0) is 17.0. The van der Waals surface area contributed by atoms with Crippen LogP contribution in [0.3, 0.4) is 0 Å². The van der Waals surface area contributed by atoms with Gasteiger partial charge in [-0.15, -0.1) is 0 Å². The van der Waals surface area contributed by atoms with Crippen molar-refractivity contribution in [1.29, 1.82) is 0 Å². The lowest BCUT2D eigenvalue weighted by Gasteiger charge is -2.25. The fourth-order valence-corrected chi connectivity index (χ4v) is 4.55. The maximum absolute atomic E-state index is 11.1. The largest absolute Gasteiger partial charge is 0.478 e. The first-order chi connectivity index (χ1) is 12.2. The van der Waals surface area contributed by atoms with Gasteiger partial charge < -0.3 is 9.67 Å². The molecule has 0 radical (unpaired) electrons. The predicted molar refractivity (Wildman–Crippen MR) is 97.1 cm³/mol. The number of aromatic nitrogens is 1. The number of fused-ring (bicyclic) bond motifs is 6. The standard InChI is InChI=1S/C21H20N2O2/c24-21(25)15-7-5-14(6-8-15)11-23-18-4-2-1-3-17(18)20-16-9-10-22(12-16)13-19(20)23/h1-8,16H,9-13H2,(H,24,25). The third-order valence-corrected chi connectivity index (χ3v) is 5.72. The number of benzene rings is 2. The third-order valence-electron chi connectivity index (χ3n) is 5.72. The molecule has 0 saturated carbocycles. The fraction of sp³-hybridized carbons (Fsp3) is 0.286. The Labute approximate surface area is 146 Å². The van der Waals surface area contributed by atoms with Crippen molar-refractivity contribution in [2.45, 2.75) is 25.4 Å². The van der Waals surface area contributed by atoms with Gasteiger partial charge in [0.1, 0.15) is 0 Å². The molecule has 4 heteroatoms. The maximum atomic E-state index is 11.1. The van der Waals surface area contributed by atoms with E-state index in [4.69, 9.17) is 5.11 Å². The number of nitrogens with zero attached hydrogens (tertiary/aromatic N) is 2. The molecule has 1 saturated heterocycles. The van der Waals surface area contributed by atoms with Crippen LogP contribution in [0.25, 0.3) is 10.9 Å². The lowest BCUT2D eigenvalue weighted by atomic mass is 9.93. The third kappa shape index (κ3) is 2.29. The molecule has 2 bridgehead atoms. The molecule has 4 nitrogen and oxygen atoms in total. The van der Waals surface area contributed by atoms with Crippen LogP contribution in [0.4, 0.5) is 0 Å². The van der Waals surface area contributed by atoms with Gasteiger partial charge in [0.2, 0.25) is 0 Å². The highest BCUT2D eigenvalue weighted by atomic mass is 16.4. The zero-order valence-electron chi connectivity index (χ0n) is 14.0. The molecule has 1 aromatic heterocycles. The van der Waals surface area contributed by atoms with Crippen LogP contribution < -0.4 is 0 Å². The van der Waals surface area contributed by atoms with Gasteiger partial charge in [-0.05, 0) is 42.3 Å². The van der Waals surface area contributed by atoms with E-state index in [0.29, 0.717) is 11.5 Å². The van der Waals surface area contributed by atoms with Crippen LogP contribution in [0.5, 0.6) is 0 Å². The Balaban J connectivity index is 1.61. The minimum atomic E-state index is -0.875. The molecule has 1 N–H and O–H groups in total. The Morgan fingerprint density at radius 2 is 1.92 bits per heavy atom. The summed E-state index contributed by atoms with van der Waals surface area (Å²) in [5.41, 5.74) is 5.76. The van der Waals surface area contributed by atoms with Gasteiger partial charge in [0.25, 0.3) is 0 Å². The number of para-hydroxylation sites is 1. The van der Waals surface area contributed by atoms with Crippen molar-refractivity contribution >= 4 is 16.9 Å². The zero-order valence-corrected chi connectivity index (χ0v) is 14.0. The van der Waals surface area contributed by atoms with Crippen LogP contribution in [0, 0.1) is 0 Å². The minimum absolute atomic E-state index is 0.340. The van der Waals surface area contributed by atoms with Crippen LogP contribution in [0.1, 0.15) is 39.5 Å². The molecule has 2 aliphatic rings. The summed E-state index contributed by atoms with van der Waals surface area (Å²) >= 11 is 0. The van der Waals surface area contributed by atoms with Crippen molar-refractivity contribution in [2.75, 3.05) is 13.1 Å². The van der Waals surface area contributed by atoms with Gasteiger partial charge in [-0.1, -0.05) is 30.3 Å². The molecule has 2 aromatic carbocycles. The number of carboxylic acids is 1. The molecule has 1 fully saturated rings. The molecule has 0 aliphatic carbocycles. The van der Waals surface area contributed by atoms with E-state index in [9.17, 15) is 4.79 Å². The van der Waals surface area contributed by atoms with Gasteiger partial charge in [-0.2, -0.15) is 0 Å². The Kier molecular flexibility index (Phi) is 3.22. The van der Waals surface area contributed by atoms with Crippen molar-refractivity contribution in [2.24, 2.45) is 0 Å². The summed E-state index contributed by atoms with van der Waals surface area (Å²) in [4.78, 5) is 13.6. The van der Waals surface area contributed by atoms with E-state index in [2.05, 4.69) is 33.7 Å². The van der Waals surface area contributed by atoms with E-state index < -0.39 is 5.97 Å². The maximum Gasteiger partial charge on any atom is 0.335 e. The molecule has 2 atom stereocenters. The second-order valence-electron chi connectivity index (χ2n) is 7.19. The van der Waals surface area contributed by atoms with E-state index in [1.165, 1.54) is 36.1 Å². The highest BCUT2D eigenvalue weighted by Gasteiger charge is 2.35. The van der Waals surface area contributed by atoms with Crippen LogP contribution >= 0.6 is 0 Å². The van der Waals surface area contributed by atoms with Crippen molar-refractivity contribution in [1.82, 2.24) is 9.47 Å². The molecule has 5 rings (SSSR count). The van der Waals surface area contributed by atoms with E-state index >= 15 is 0 Å². The Bertz CT molecular complexity index is 971. The molecule has 2 aliphatic heterocycles. The first-order valence-corrected chi connectivity index (χ1v) is 8.85. The summed E-state index contributed by atoms with van der Waals surface area (Å²) in [6.45, 7) is 4.19. The van der Waals surface area contributed by atoms with Gasteiger partial charge in [-0.25, -0.2) is 4.79 Å². The molecule has 0 amide bonds. The number of hydrogen-bond donors (Lipinski definition) is 1. The van der Waals surface area contributed by atoms with Crippen LogP contribution in [-0.2, 0) is 13.1 Å². The van der Waals surface area contributed by atoms with Gasteiger partial charge in [-0.3, -0.25) is 4.90 Å². The minimum Gasteiger partial charge on any atom is -0.478 e. The topological polar surface area (TPSA) is 45.5 Å². The van der Waals surface area contributed by atoms with E-state index in [1.54, 1.807) is 17.7 Å². The summed E-state index contributed by atoms with van der Waals surface area (Å²) in [5, 5.41) is 10.5. The summed E-state index contributed by atoms with van der Waals surface area (Å²) in [6, 6.07) is 16.0. The number of hydrogen-bond acceptors (Lipinski definition) is 2. The number of carboxylic acid groups (broad SMARTS) is 1. The van der Waals surface area contributed by atoms with Crippen LogP contribution in [0.15, 0.2) is 48.5 Å². The average molecular weight is 332 g/mol. The molecule has 0 spiro atoms. The molecular formula is C21H20N2O2. The van der Waals surface area contributed by atoms with Crippen molar-refractivity contribution in [3.05, 3.63) is 70.9 Å². The SMILES string of the molecule is O=C(O)c1ccc(Cn2c3c(c4ccccc42)C2CCN(C3)C2)cc1. The first kappa shape index (κ1) is 14.7. The lowest BCUT2D eigenvalue weighted by molar-refractivity contribution is 0.0697. The second-order valence-corrected chi connectivity index (χ2v) is 7.19. The summed E-state index contributed by atoms with van der Waals surface area (Å²) in [7, 11) is 0. The van der Waals surface area contributed by atoms with Gasteiger partial charge in [0.05, 0.1) is 5.56 Å². The molecule has 126 valence electrons. The number of rotatable bonds is 3. The molecule has 3 heterocycles. The Hall–Kier alpha value is -2.59. The Morgan fingerprint density at radius 3 is 2.72 bits per heavy atom. The van der Waals surface area contributed by atoms with E-state index in [-0.39, 0.29) is 0 Å². The normalized spacial score (nSPS) is 21.4. The predicted octanol–water partition coefficient (Wildman–Crippen LogP) is 3.69.